The monoisotopic (exact) mass is 254 g/mol. The standard InChI is InChI=1S/C15H30N2O/c1-3-16-10-13(2)11-17-9-8-15(18)7-5-4-6-14(15)12-17/h13-14,16,18H,3-12H2,1-2H3. The van der Waals surface area contributed by atoms with Crippen LogP contribution in [0.3, 0.4) is 0 Å². The Bertz CT molecular complexity index is 259. The average molecular weight is 254 g/mol. The number of aliphatic hydroxyl groups is 1. The summed E-state index contributed by atoms with van der Waals surface area (Å²) in [6, 6.07) is 0. The van der Waals surface area contributed by atoms with Gasteiger partial charge in [-0.05, 0) is 38.3 Å². The summed E-state index contributed by atoms with van der Waals surface area (Å²) in [6.07, 6.45) is 5.80. The molecule has 3 nitrogen and oxygen atoms in total. The molecular weight excluding hydrogens is 224 g/mol. The molecular formula is C15H30N2O. The Morgan fingerprint density at radius 3 is 3.00 bits per heavy atom. The summed E-state index contributed by atoms with van der Waals surface area (Å²) in [4.78, 5) is 2.58. The Hall–Kier alpha value is -0.120. The van der Waals surface area contributed by atoms with Gasteiger partial charge in [-0.25, -0.2) is 0 Å². The number of hydrogen-bond donors (Lipinski definition) is 2. The molecule has 0 amide bonds. The zero-order valence-electron chi connectivity index (χ0n) is 12.1. The van der Waals surface area contributed by atoms with E-state index < -0.39 is 0 Å². The van der Waals surface area contributed by atoms with Crippen LogP contribution in [-0.2, 0) is 0 Å². The Kier molecular flexibility index (Phi) is 5.05. The van der Waals surface area contributed by atoms with Crippen molar-refractivity contribution in [3.63, 3.8) is 0 Å². The predicted octanol–water partition coefficient (Wildman–Crippen LogP) is 1.86. The van der Waals surface area contributed by atoms with Gasteiger partial charge in [-0.1, -0.05) is 26.7 Å². The van der Waals surface area contributed by atoms with Gasteiger partial charge in [0.05, 0.1) is 5.60 Å². The lowest BCUT2D eigenvalue weighted by atomic mass is 9.71. The number of likely N-dealkylation sites (tertiary alicyclic amines) is 1. The molecule has 3 heteroatoms. The molecule has 1 heterocycles. The van der Waals surface area contributed by atoms with Gasteiger partial charge in [0.2, 0.25) is 0 Å². The highest BCUT2D eigenvalue weighted by molar-refractivity contribution is 4.95. The van der Waals surface area contributed by atoms with E-state index in [0.29, 0.717) is 11.8 Å². The Morgan fingerprint density at radius 1 is 1.39 bits per heavy atom. The fraction of sp³-hybridized carbons (Fsp3) is 1.00. The van der Waals surface area contributed by atoms with Gasteiger partial charge in [-0.3, -0.25) is 0 Å². The van der Waals surface area contributed by atoms with E-state index in [1.54, 1.807) is 0 Å². The van der Waals surface area contributed by atoms with Crippen LogP contribution in [0.15, 0.2) is 0 Å². The Morgan fingerprint density at radius 2 is 2.22 bits per heavy atom. The van der Waals surface area contributed by atoms with Crippen LogP contribution in [0.5, 0.6) is 0 Å². The van der Waals surface area contributed by atoms with Gasteiger partial charge >= 0.3 is 0 Å². The molecule has 0 radical (unpaired) electrons. The van der Waals surface area contributed by atoms with Crippen LogP contribution in [0.1, 0.15) is 46.0 Å². The van der Waals surface area contributed by atoms with E-state index in [4.69, 9.17) is 0 Å². The number of rotatable bonds is 5. The Labute approximate surface area is 112 Å². The van der Waals surface area contributed by atoms with Gasteiger partial charge in [-0.15, -0.1) is 0 Å². The molecule has 2 rings (SSSR count). The first-order valence-corrected chi connectivity index (χ1v) is 7.79. The first-order valence-electron chi connectivity index (χ1n) is 7.79. The number of fused-ring (bicyclic) bond motifs is 1. The van der Waals surface area contributed by atoms with Crippen molar-refractivity contribution in [3.8, 4) is 0 Å². The molecule has 0 bridgehead atoms. The molecule has 2 aliphatic rings. The van der Waals surface area contributed by atoms with Crippen LogP contribution in [-0.4, -0.2) is 48.3 Å². The molecule has 1 aliphatic carbocycles. The van der Waals surface area contributed by atoms with Gasteiger partial charge in [0.15, 0.2) is 0 Å². The van der Waals surface area contributed by atoms with E-state index in [0.717, 1.165) is 39.0 Å². The van der Waals surface area contributed by atoms with Crippen molar-refractivity contribution in [1.82, 2.24) is 10.2 Å². The van der Waals surface area contributed by atoms with Crippen LogP contribution in [0.4, 0.5) is 0 Å². The molecule has 1 aliphatic heterocycles. The molecule has 0 spiro atoms. The topological polar surface area (TPSA) is 35.5 Å². The third-order valence-corrected chi connectivity index (χ3v) is 4.82. The van der Waals surface area contributed by atoms with Crippen molar-refractivity contribution in [2.45, 2.75) is 51.6 Å². The SMILES string of the molecule is CCNCC(C)CN1CCC2(O)CCCCC2C1. The van der Waals surface area contributed by atoms with E-state index in [1.807, 2.05) is 0 Å². The highest BCUT2D eigenvalue weighted by atomic mass is 16.3. The van der Waals surface area contributed by atoms with E-state index in [-0.39, 0.29) is 5.60 Å². The van der Waals surface area contributed by atoms with Crippen molar-refractivity contribution >= 4 is 0 Å². The molecule has 2 fully saturated rings. The van der Waals surface area contributed by atoms with Crippen LogP contribution < -0.4 is 5.32 Å². The van der Waals surface area contributed by atoms with Crippen LogP contribution in [0, 0.1) is 11.8 Å². The molecule has 1 saturated carbocycles. The zero-order valence-corrected chi connectivity index (χ0v) is 12.1. The molecule has 0 aromatic heterocycles. The summed E-state index contributed by atoms with van der Waals surface area (Å²) in [6.45, 7) is 10.0. The maximum absolute atomic E-state index is 10.6. The Balaban J connectivity index is 1.79. The summed E-state index contributed by atoms with van der Waals surface area (Å²) in [5, 5.41) is 14.1. The van der Waals surface area contributed by atoms with E-state index in [1.165, 1.54) is 25.8 Å². The van der Waals surface area contributed by atoms with Crippen molar-refractivity contribution in [3.05, 3.63) is 0 Å². The van der Waals surface area contributed by atoms with Gasteiger partial charge in [0, 0.05) is 25.6 Å². The highest BCUT2D eigenvalue weighted by Crippen LogP contribution is 2.39. The zero-order chi connectivity index (χ0) is 13.0. The van der Waals surface area contributed by atoms with Crippen molar-refractivity contribution in [2.24, 2.45) is 11.8 Å². The fourth-order valence-electron chi connectivity index (χ4n) is 3.70. The summed E-state index contributed by atoms with van der Waals surface area (Å²) >= 11 is 0. The first kappa shape index (κ1) is 14.3. The predicted molar refractivity (Wildman–Crippen MR) is 75.7 cm³/mol. The molecule has 106 valence electrons. The summed E-state index contributed by atoms with van der Waals surface area (Å²) in [5.41, 5.74) is -0.320. The van der Waals surface area contributed by atoms with E-state index in [9.17, 15) is 5.11 Å². The van der Waals surface area contributed by atoms with Gasteiger partial charge in [-0.2, -0.15) is 0 Å². The largest absolute Gasteiger partial charge is 0.390 e. The summed E-state index contributed by atoms with van der Waals surface area (Å²) in [5.74, 6) is 1.24. The summed E-state index contributed by atoms with van der Waals surface area (Å²) in [7, 11) is 0. The third-order valence-electron chi connectivity index (χ3n) is 4.82. The average Bonchev–Trinajstić information content (AvgIpc) is 2.36. The van der Waals surface area contributed by atoms with Crippen molar-refractivity contribution < 1.29 is 5.11 Å². The smallest absolute Gasteiger partial charge is 0.0700 e. The molecule has 2 N–H and O–H groups in total. The molecule has 3 atom stereocenters. The first-order chi connectivity index (χ1) is 8.64. The van der Waals surface area contributed by atoms with Crippen LogP contribution in [0.25, 0.3) is 0 Å². The fourth-order valence-corrected chi connectivity index (χ4v) is 3.70. The van der Waals surface area contributed by atoms with Crippen LogP contribution in [0.2, 0.25) is 0 Å². The second-order valence-corrected chi connectivity index (χ2v) is 6.47. The van der Waals surface area contributed by atoms with E-state index >= 15 is 0 Å². The maximum atomic E-state index is 10.6. The maximum Gasteiger partial charge on any atom is 0.0700 e. The number of piperidine rings is 1. The van der Waals surface area contributed by atoms with Crippen LogP contribution >= 0.6 is 0 Å². The lowest BCUT2D eigenvalue weighted by molar-refractivity contribution is -0.0968. The minimum atomic E-state index is -0.320. The molecule has 1 saturated heterocycles. The highest BCUT2D eigenvalue weighted by Gasteiger charge is 2.42. The molecule has 0 aromatic rings. The van der Waals surface area contributed by atoms with E-state index in [2.05, 4.69) is 24.1 Å². The van der Waals surface area contributed by atoms with Crippen molar-refractivity contribution in [1.29, 1.82) is 0 Å². The lowest BCUT2D eigenvalue weighted by Gasteiger charge is -2.48. The summed E-state index contributed by atoms with van der Waals surface area (Å²) < 4.78 is 0. The second kappa shape index (κ2) is 6.36. The molecule has 3 unspecified atom stereocenters. The number of nitrogens with one attached hydrogen (secondary N) is 1. The van der Waals surface area contributed by atoms with Gasteiger partial charge in [0.25, 0.3) is 0 Å². The normalized spacial score (nSPS) is 35.2. The molecule has 18 heavy (non-hydrogen) atoms. The number of hydrogen-bond acceptors (Lipinski definition) is 3. The second-order valence-electron chi connectivity index (χ2n) is 6.47. The number of nitrogens with zero attached hydrogens (tertiary/aromatic N) is 1. The van der Waals surface area contributed by atoms with Crippen molar-refractivity contribution in [2.75, 3.05) is 32.7 Å². The molecule has 0 aromatic carbocycles. The minimum absolute atomic E-state index is 0.320. The van der Waals surface area contributed by atoms with Gasteiger partial charge in [0.1, 0.15) is 0 Å². The quantitative estimate of drug-likeness (QED) is 0.786. The minimum Gasteiger partial charge on any atom is -0.390 e. The van der Waals surface area contributed by atoms with Gasteiger partial charge < -0.3 is 15.3 Å². The lowest BCUT2D eigenvalue weighted by Crippen LogP contribution is -2.54. The third kappa shape index (κ3) is 3.46.